The van der Waals surface area contributed by atoms with Gasteiger partial charge in [-0.05, 0) is 35.2 Å². The fraction of sp³-hybridized carbons (Fsp3) is 0.412. The molecule has 0 N–H and O–H groups in total. The van der Waals surface area contributed by atoms with E-state index in [0.29, 0.717) is 13.1 Å². The Hall–Kier alpha value is -1.66. The first kappa shape index (κ1) is 14.9. The Kier molecular flexibility index (Phi) is 3.54. The van der Waals surface area contributed by atoms with E-state index in [1.807, 2.05) is 44.1 Å². The molecule has 0 radical (unpaired) electrons. The Morgan fingerprint density at radius 1 is 1.35 bits per heavy atom. The number of hydrogen-bond donors (Lipinski definition) is 0. The highest BCUT2D eigenvalue weighted by atomic mass is 32.1. The van der Waals surface area contributed by atoms with Crippen LogP contribution in [0.25, 0.3) is 0 Å². The Morgan fingerprint density at radius 2 is 2.22 bits per heavy atom. The van der Waals surface area contributed by atoms with E-state index < -0.39 is 5.41 Å². The van der Waals surface area contributed by atoms with Crippen LogP contribution < -0.4 is 4.90 Å². The third kappa shape index (κ3) is 2.23. The molecule has 0 aliphatic carbocycles. The van der Waals surface area contributed by atoms with Crippen molar-refractivity contribution in [2.24, 2.45) is 11.3 Å². The van der Waals surface area contributed by atoms with Crippen molar-refractivity contribution in [2.75, 3.05) is 24.5 Å². The highest BCUT2D eigenvalue weighted by molar-refractivity contribution is 7.12. The van der Waals surface area contributed by atoms with Crippen molar-refractivity contribution in [3.8, 4) is 0 Å². The Balaban J connectivity index is 1.58. The lowest BCUT2D eigenvalue weighted by molar-refractivity contribution is -0.126. The average Bonchev–Trinajstić information content (AvgIpc) is 3.31. The molecular weight excluding hydrogens is 328 g/mol. The van der Waals surface area contributed by atoms with Crippen LogP contribution in [-0.2, 0) is 4.79 Å². The Morgan fingerprint density at radius 3 is 2.91 bits per heavy atom. The number of carbonyl (C=O) groups excluding carboxylic acids is 2. The van der Waals surface area contributed by atoms with Crippen LogP contribution in [0.2, 0.25) is 0 Å². The quantitative estimate of drug-likeness (QED) is 0.837. The standard InChI is InChI=1S/C17H18N2O2S2/c1-12-9-18(15(20)14-3-2-7-23-14)11-17(12)5-6-19(16(17)21)13-4-8-22-10-13/h2-4,7-8,10,12H,5-6,9,11H2,1H3/t12-,17-/m0/s1. The van der Waals surface area contributed by atoms with Gasteiger partial charge < -0.3 is 9.80 Å². The second-order valence-electron chi connectivity index (χ2n) is 6.41. The van der Waals surface area contributed by atoms with Crippen LogP contribution in [0.15, 0.2) is 34.3 Å². The van der Waals surface area contributed by atoms with Crippen LogP contribution in [-0.4, -0.2) is 36.3 Å². The number of anilines is 1. The predicted octanol–water partition coefficient (Wildman–Crippen LogP) is 3.32. The first-order valence-corrected chi connectivity index (χ1v) is 9.61. The van der Waals surface area contributed by atoms with Crippen molar-refractivity contribution < 1.29 is 9.59 Å². The van der Waals surface area contributed by atoms with E-state index >= 15 is 0 Å². The summed E-state index contributed by atoms with van der Waals surface area (Å²) in [5.74, 6) is 0.443. The zero-order valence-corrected chi connectivity index (χ0v) is 14.5. The molecular formula is C17H18N2O2S2. The minimum atomic E-state index is -0.408. The first-order chi connectivity index (χ1) is 11.1. The molecule has 4 heterocycles. The van der Waals surface area contributed by atoms with Crippen molar-refractivity contribution >= 4 is 40.2 Å². The monoisotopic (exact) mass is 346 g/mol. The molecule has 2 aliphatic rings. The molecule has 2 aromatic rings. The van der Waals surface area contributed by atoms with Gasteiger partial charge in [0.25, 0.3) is 5.91 Å². The predicted molar refractivity (Wildman–Crippen MR) is 93.1 cm³/mol. The maximum Gasteiger partial charge on any atom is 0.263 e. The molecule has 2 aliphatic heterocycles. The molecule has 2 saturated heterocycles. The summed E-state index contributed by atoms with van der Waals surface area (Å²) in [6.45, 7) is 4.07. The Bertz CT molecular complexity index is 726. The van der Waals surface area contributed by atoms with Gasteiger partial charge in [-0.1, -0.05) is 13.0 Å². The van der Waals surface area contributed by atoms with Gasteiger partial charge in [-0.3, -0.25) is 9.59 Å². The molecule has 2 fully saturated rings. The summed E-state index contributed by atoms with van der Waals surface area (Å²) < 4.78 is 0. The summed E-state index contributed by atoms with van der Waals surface area (Å²) in [5, 5.41) is 5.94. The zero-order valence-electron chi connectivity index (χ0n) is 12.9. The molecule has 0 bridgehead atoms. The van der Waals surface area contributed by atoms with Crippen LogP contribution in [0, 0.1) is 11.3 Å². The summed E-state index contributed by atoms with van der Waals surface area (Å²) in [6.07, 6.45) is 0.830. The molecule has 4 nitrogen and oxygen atoms in total. The molecule has 2 aromatic heterocycles. The molecule has 6 heteroatoms. The van der Waals surface area contributed by atoms with E-state index in [-0.39, 0.29) is 17.7 Å². The van der Waals surface area contributed by atoms with E-state index in [1.165, 1.54) is 11.3 Å². The highest BCUT2D eigenvalue weighted by Gasteiger charge is 2.56. The average molecular weight is 346 g/mol. The zero-order chi connectivity index (χ0) is 16.0. The number of amides is 2. The van der Waals surface area contributed by atoms with Gasteiger partial charge in [0.15, 0.2) is 0 Å². The maximum absolute atomic E-state index is 13.1. The van der Waals surface area contributed by atoms with Crippen LogP contribution in [0.1, 0.15) is 23.0 Å². The van der Waals surface area contributed by atoms with E-state index in [2.05, 4.69) is 6.92 Å². The fourth-order valence-electron chi connectivity index (χ4n) is 3.83. The SMILES string of the molecule is C[C@H]1CN(C(=O)c2cccs2)C[C@@]12CCN(c1ccsc1)C2=O. The van der Waals surface area contributed by atoms with Gasteiger partial charge >= 0.3 is 0 Å². The van der Waals surface area contributed by atoms with Gasteiger partial charge in [0.1, 0.15) is 0 Å². The second-order valence-corrected chi connectivity index (χ2v) is 8.14. The van der Waals surface area contributed by atoms with Crippen LogP contribution in [0.5, 0.6) is 0 Å². The summed E-state index contributed by atoms with van der Waals surface area (Å²) in [4.78, 5) is 30.2. The topological polar surface area (TPSA) is 40.6 Å². The van der Waals surface area contributed by atoms with Crippen molar-refractivity contribution in [2.45, 2.75) is 13.3 Å². The Labute approximate surface area is 143 Å². The molecule has 120 valence electrons. The lowest BCUT2D eigenvalue weighted by atomic mass is 9.78. The molecule has 1 spiro atoms. The minimum absolute atomic E-state index is 0.0607. The van der Waals surface area contributed by atoms with E-state index in [0.717, 1.165) is 23.5 Å². The maximum atomic E-state index is 13.1. The number of hydrogen-bond acceptors (Lipinski definition) is 4. The summed E-state index contributed by atoms with van der Waals surface area (Å²) in [5.41, 5.74) is 0.585. The van der Waals surface area contributed by atoms with Crippen molar-refractivity contribution in [1.82, 2.24) is 4.90 Å². The van der Waals surface area contributed by atoms with Crippen LogP contribution in [0.3, 0.4) is 0 Å². The largest absolute Gasteiger partial charge is 0.337 e. The smallest absolute Gasteiger partial charge is 0.263 e. The lowest BCUT2D eigenvalue weighted by Crippen LogP contribution is -2.40. The van der Waals surface area contributed by atoms with Crippen molar-refractivity contribution in [3.63, 3.8) is 0 Å². The molecule has 4 rings (SSSR count). The van der Waals surface area contributed by atoms with E-state index in [4.69, 9.17) is 0 Å². The molecule has 2 atom stereocenters. The number of likely N-dealkylation sites (tertiary alicyclic amines) is 1. The van der Waals surface area contributed by atoms with Gasteiger partial charge in [0, 0.05) is 25.0 Å². The number of nitrogens with zero attached hydrogens (tertiary/aromatic N) is 2. The van der Waals surface area contributed by atoms with Gasteiger partial charge in [-0.15, -0.1) is 11.3 Å². The molecule has 0 unspecified atom stereocenters. The fourth-order valence-corrected chi connectivity index (χ4v) is 5.16. The third-order valence-corrected chi connectivity index (χ3v) is 6.73. The van der Waals surface area contributed by atoms with Gasteiger partial charge in [0.05, 0.1) is 16.0 Å². The molecule has 2 amide bonds. The number of thiophene rings is 2. The van der Waals surface area contributed by atoms with Crippen molar-refractivity contribution in [3.05, 3.63) is 39.2 Å². The lowest BCUT2D eigenvalue weighted by Gasteiger charge is -2.26. The molecule has 0 saturated carbocycles. The van der Waals surface area contributed by atoms with E-state index in [1.54, 1.807) is 11.3 Å². The molecule has 23 heavy (non-hydrogen) atoms. The second kappa shape index (κ2) is 5.46. The first-order valence-electron chi connectivity index (χ1n) is 7.79. The number of rotatable bonds is 2. The molecule has 0 aromatic carbocycles. The van der Waals surface area contributed by atoms with Crippen LogP contribution >= 0.6 is 22.7 Å². The summed E-state index contributed by atoms with van der Waals surface area (Å²) >= 11 is 3.07. The van der Waals surface area contributed by atoms with Gasteiger partial charge in [-0.25, -0.2) is 0 Å². The minimum Gasteiger partial charge on any atom is -0.337 e. The van der Waals surface area contributed by atoms with Crippen LogP contribution in [0.4, 0.5) is 5.69 Å². The normalized spacial score (nSPS) is 27.3. The third-order valence-electron chi connectivity index (χ3n) is 5.20. The summed E-state index contributed by atoms with van der Waals surface area (Å²) in [7, 11) is 0. The highest BCUT2D eigenvalue weighted by Crippen LogP contribution is 2.46. The van der Waals surface area contributed by atoms with Gasteiger partial charge in [-0.2, -0.15) is 11.3 Å². The van der Waals surface area contributed by atoms with E-state index in [9.17, 15) is 9.59 Å². The summed E-state index contributed by atoms with van der Waals surface area (Å²) in [6, 6.07) is 5.75. The van der Waals surface area contributed by atoms with Gasteiger partial charge in [0.2, 0.25) is 5.91 Å². The number of carbonyl (C=O) groups is 2. The van der Waals surface area contributed by atoms with Crippen molar-refractivity contribution in [1.29, 1.82) is 0 Å².